The summed E-state index contributed by atoms with van der Waals surface area (Å²) in [6.07, 6.45) is 10.7. The summed E-state index contributed by atoms with van der Waals surface area (Å²) in [4.78, 5) is 21.5. The van der Waals surface area contributed by atoms with E-state index in [1.807, 2.05) is 0 Å². The SMILES string of the molecule is CC(=O)SCCCCCCCCCCCOC(=O)CCl. The first-order valence-electron chi connectivity index (χ1n) is 7.51. The van der Waals surface area contributed by atoms with Crippen molar-refractivity contribution in [3.63, 3.8) is 0 Å². The number of hydrogen-bond acceptors (Lipinski definition) is 4. The first-order chi connectivity index (χ1) is 9.66. The Balaban J connectivity index is 3.03. The number of rotatable bonds is 13. The molecule has 0 N–H and O–H groups in total. The van der Waals surface area contributed by atoms with Crippen LogP contribution >= 0.6 is 23.4 Å². The minimum absolute atomic E-state index is 0.0507. The Hall–Kier alpha value is -0.220. The van der Waals surface area contributed by atoms with Crippen molar-refractivity contribution < 1.29 is 14.3 Å². The number of alkyl halides is 1. The monoisotopic (exact) mass is 322 g/mol. The van der Waals surface area contributed by atoms with Crippen molar-refractivity contribution in [2.75, 3.05) is 18.2 Å². The van der Waals surface area contributed by atoms with Gasteiger partial charge in [-0.25, -0.2) is 0 Å². The number of carbonyl (C=O) groups is 2. The van der Waals surface area contributed by atoms with Gasteiger partial charge in [0, 0.05) is 12.7 Å². The number of esters is 1. The van der Waals surface area contributed by atoms with E-state index < -0.39 is 0 Å². The lowest BCUT2D eigenvalue weighted by Crippen LogP contribution is -2.06. The molecule has 0 aliphatic rings. The third-order valence-corrected chi connectivity index (χ3v) is 4.08. The molecule has 0 saturated heterocycles. The van der Waals surface area contributed by atoms with Crippen LogP contribution in [-0.4, -0.2) is 29.3 Å². The van der Waals surface area contributed by atoms with Crippen LogP contribution in [0.5, 0.6) is 0 Å². The van der Waals surface area contributed by atoms with E-state index >= 15 is 0 Å². The van der Waals surface area contributed by atoms with Crippen LogP contribution in [0.2, 0.25) is 0 Å². The van der Waals surface area contributed by atoms with Crippen LogP contribution in [0.25, 0.3) is 0 Å². The number of halogens is 1. The van der Waals surface area contributed by atoms with Gasteiger partial charge in [-0.2, -0.15) is 0 Å². The standard InChI is InChI=1S/C15H27ClO3S/c1-14(17)20-12-10-8-6-4-2-3-5-7-9-11-19-15(18)13-16/h2-13H2,1H3. The average Bonchev–Trinajstić information content (AvgIpc) is 2.43. The lowest BCUT2D eigenvalue weighted by molar-refractivity contribution is -0.140. The fourth-order valence-corrected chi connectivity index (χ4v) is 2.60. The zero-order valence-electron chi connectivity index (χ0n) is 12.5. The van der Waals surface area contributed by atoms with Crippen molar-refractivity contribution in [3.8, 4) is 0 Å². The van der Waals surface area contributed by atoms with E-state index in [4.69, 9.17) is 16.3 Å². The molecule has 0 radical (unpaired) electrons. The highest BCUT2D eigenvalue weighted by atomic mass is 35.5. The highest BCUT2D eigenvalue weighted by Crippen LogP contribution is 2.12. The lowest BCUT2D eigenvalue weighted by atomic mass is 10.1. The van der Waals surface area contributed by atoms with Crippen molar-refractivity contribution in [3.05, 3.63) is 0 Å². The molecule has 0 fully saturated rings. The maximum absolute atomic E-state index is 10.8. The van der Waals surface area contributed by atoms with Crippen LogP contribution < -0.4 is 0 Å². The summed E-state index contributed by atoms with van der Waals surface area (Å²) >= 11 is 6.75. The van der Waals surface area contributed by atoms with Crippen LogP contribution in [0.3, 0.4) is 0 Å². The second kappa shape index (κ2) is 15.2. The van der Waals surface area contributed by atoms with Crippen LogP contribution in [0.4, 0.5) is 0 Å². The second-order valence-corrected chi connectivity index (χ2v) is 6.42. The minimum Gasteiger partial charge on any atom is -0.465 e. The Morgan fingerprint density at radius 3 is 1.90 bits per heavy atom. The summed E-state index contributed by atoms with van der Waals surface area (Å²) in [5.41, 5.74) is 0. The highest BCUT2D eigenvalue weighted by Gasteiger charge is 1.99. The summed E-state index contributed by atoms with van der Waals surface area (Å²) in [5.74, 6) is 0.593. The highest BCUT2D eigenvalue weighted by molar-refractivity contribution is 8.13. The van der Waals surface area contributed by atoms with E-state index in [1.54, 1.807) is 6.92 Å². The first-order valence-corrected chi connectivity index (χ1v) is 9.03. The first kappa shape index (κ1) is 19.8. The van der Waals surface area contributed by atoms with Gasteiger partial charge in [-0.1, -0.05) is 56.7 Å². The van der Waals surface area contributed by atoms with Crippen molar-refractivity contribution in [1.29, 1.82) is 0 Å². The lowest BCUT2D eigenvalue weighted by Gasteiger charge is -2.03. The molecular weight excluding hydrogens is 296 g/mol. The van der Waals surface area contributed by atoms with Crippen LogP contribution in [0.1, 0.15) is 64.7 Å². The topological polar surface area (TPSA) is 43.4 Å². The molecule has 0 aromatic carbocycles. The Labute approximate surface area is 132 Å². The number of unbranched alkanes of at least 4 members (excludes halogenated alkanes) is 8. The van der Waals surface area contributed by atoms with Gasteiger partial charge in [0.25, 0.3) is 0 Å². The molecule has 118 valence electrons. The molecule has 5 heteroatoms. The molecule has 0 aliphatic heterocycles. The molecular formula is C15H27ClO3S. The van der Waals surface area contributed by atoms with Gasteiger partial charge in [0.2, 0.25) is 0 Å². The van der Waals surface area contributed by atoms with E-state index in [0.29, 0.717) is 6.61 Å². The van der Waals surface area contributed by atoms with Crippen molar-refractivity contribution in [2.24, 2.45) is 0 Å². The Morgan fingerprint density at radius 1 is 0.900 bits per heavy atom. The number of carbonyl (C=O) groups excluding carboxylic acids is 2. The van der Waals surface area contributed by atoms with E-state index in [2.05, 4.69) is 0 Å². The van der Waals surface area contributed by atoms with Gasteiger partial charge in [-0.05, 0) is 12.8 Å². The van der Waals surface area contributed by atoms with Gasteiger partial charge in [0.05, 0.1) is 6.61 Å². The van der Waals surface area contributed by atoms with Crippen molar-refractivity contribution in [2.45, 2.75) is 64.7 Å². The fourth-order valence-electron chi connectivity index (χ4n) is 1.88. The Bertz CT molecular complexity index is 260. The number of thioether (sulfide) groups is 1. The zero-order chi connectivity index (χ0) is 15.1. The van der Waals surface area contributed by atoms with Gasteiger partial charge in [-0.3, -0.25) is 9.59 Å². The molecule has 0 heterocycles. The smallest absolute Gasteiger partial charge is 0.320 e. The number of ether oxygens (including phenoxy) is 1. The summed E-state index contributed by atoms with van der Waals surface area (Å²) < 4.78 is 4.89. The molecule has 0 spiro atoms. The summed E-state index contributed by atoms with van der Waals surface area (Å²) in [6.45, 7) is 2.13. The maximum Gasteiger partial charge on any atom is 0.320 e. The van der Waals surface area contributed by atoms with E-state index in [-0.39, 0.29) is 17.0 Å². The Morgan fingerprint density at radius 2 is 1.40 bits per heavy atom. The molecule has 0 aromatic heterocycles. The predicted octanol–water partition coefficient (Wildman–Crippen LogP) is 4.56. The summed E-state index contributed by atoms with van der Waals surface area (Å²) in [6, 6.07) is 0. The molecule has 0 aromatic rings. The second-order valence-electron chi connectivity index (χ2n) is 4.88. The van der Waals surface area contributed by atoms with Gasteiger partial charge in [0.1, 0.15) is 5.88 Å². The van der Waals surface area contributed by atoms with Crippen LogP contribution in [-0.2, 0) is 14.3 Å². The van der Waals surface area contributed by atoms with E-state index in [9.17, 15) is 9.59 Å². The van der Waals surface area contributed by atoms with E-state index in [1.165, 1.54) is 50.3 Å². The molecule has 20 heavy (non-hydrogen) atoms. The molecule has 0 rings (SSSR count). The van der Waals surface area contributed by atoms with Gasteiger partial charge < -0.3 is 4.74 Å². The average molecular weight is 323 g/mol. The Kier molecular flexibility index (Phi) is 15.0. The third-order valence-electron chi connectivity index (χ3n) is 2.97. The molecule has 0 unspecified atom stereocenters. The summed E-state index contributed by atoms with van der Waals surface area (Å²) in [7, 11) is 0. The van der Waals surface area contributed by atoms with E-state index in [0.717, 1.165) is 25.0 Å². The van der Waals surface area contributed by atoms with Gasteiger partial charge in [-0.15, -0.1) is 11.6 Å². The number of hydrogen-bond donors (Lipinski definition) is 0. The fraction of sp³-hybridized carbons (Fsp3) is 0.867. The molecule has 0 atom stereocenters. The zero-order valence-corrected chi connectivity index (χ0v) is 14.1. The molecule has 0 amide bonds. The third kappa shape index (κ3) is 15.8. The molecule has 0 saturated carbocycles. The normalized spacial score (nSPS) is 10.5. The van der Waals surface area contributed by atoms with Crippen molar-refractivity contribution in [1.82, 2.24) is 0 Å². The van der Waals surface area contributed by atoms with Crippen molar-refractivity contribution >= 4 is 34.4 Å². The van der Waals surface area contributed by atoms with Crippen LogP contribution in [0, 0.1) is 0 Å². The van der Waals surface area contributed by atoms with Gasteiger partial charge in [0.15, 0.2) is 5.12 Å². The molecule has 3 nitrogen and oxygen atoms in total. The summed E-state index contributed by atoms with van der Waals surface area (Å²) in [5, 5.41) is 0.224. The molecule has 0 bridgehead atoms. The largest absolute Gasteiger partial charge is 0.465 e. The molecule has 0 aliphatic carbocycles. The minimum atomic E-state index is -0.324. The van der Waals surface area contributed by atoms with Crippen LogP contribution in [0.15, 0.2) is 0 Å². The predicted molar refractivity (Wildman–Crippen MR) is 86.4 cm³/mol. The quantitative estimate of drug-likeness (QED) is 0.283. The maximum atomic E-state index is 10.8. The van der Waals surface area contributed by atoms with Gasteiger partial charge >= 0.3 is 5.97 Å².